The molecule has 3 nitrogen and oxygen atoms in total. The first-order valence-electron chi connectivity index (χ1n) is 8.49. The van der Waals surface area contributed by atoms with E-state index in [2.05, 4.69) is 15.3 Å². The Balaban J connectivity index is 1.77. The van der Waals surface area contributed by atoms with Gasteiger partial charge in [0.1, 0.15) is 17.6 Å². The van der Waals surface area contributed by atoms with Crippen molar-refractivity contribution < 1.29 is 18.1 Å². The molecule has 0 unspecified atom stereocenters. The van der Waals surface area contributed by atoms with Crippen molar-refractivity contribution in [2.45, 2.75) is 30.0 Å². The molecule has 0 amide bonds. The summed E-state index contributed by atoms with van der Waals surface area (Å²) in [6, 6.07) is 15.3. The molecule has 0 fully saturated rings. The standard InChI is InChI=1S/C20H19F2N2OS/c1-25-16-8-4-14(5-9-16)18-13-23-12-2-3-19(23)24(18)15-6-10-17(11-7-15)26-20(21)22/h4-11,13,20H,2-3,12H2,1H3/q+1. The molecule has 0 bridgehead atoms. The van der Waals surface area contributed by atoms with E-state index in [0.717, 1.165) is 42.1 Å². The Kier molecular flexibility index (Phi) is 4.68. The van der Waals surface area contributed by atoms with Crippen molar-refractivity contribution in [3.63, 3.8) is 0 Å². The summed E-state index contributed by atoms with van der Waals surface area (Å²) in [6.45, 7) is 1.00. The van der Waals surface area contributed by atoms with Gasteiger partial charge in [-0.15, -0.1) is 0 Å². The number of benzene rings is 2. The van der Waals surface area contributed by atoms with E-state index < -0.39 is 5.76 Å². The van der Waals surface area contributed by atoms with Crippen LogP contribution >= 0.6 is 11.8 Å². The van der Waals surface area contributed by atoms with Gasteiger partial charge in [-0.05, 0) is 55.0 Å². The van der Waals surface area contributed by atoms with Gasteiger partial charge in [-0.3, -0.25) is 0 Å². The Hall–Kier alpha value is -2.34. The fourth-order valence-electron chi connectivity index (χ4n) is 3.43. The van der Waals surface area contributed by atoms with Gasteiger partial charge in [0.15, 0.2) is 5.69 Å². The number of aryl methyl sites for hydroxylation is 1. The molecule has 1 aliphatic heterocycles. The van der Waals surface area contributed by atoms with Crippen LogP contribution in [0.2, 0.25) is 0 Å². The van der Waals surface area contributed by atoms with Crippen LogP contribution in [0.3, 0.4) is 0 Å². The zero-order valence-electron chi connectivity index (χ0n) is 14.4. The predicted molar refractivity (Wildman–Crippen MR) is 98.1 cm³/mol. The van der Waals surface area contributed by atoms with E-state index in [1.54, 1.807) is 19.2 Å². The zero-order chi connectivity index (χ0) is 18.1. The van der Waals surface area contributed by atoms with Crippen LogP contribution in [0.4, 0.5) is 8.78 Å². The fourth-order valence-corrected chi connectivity index (χ4v) is 3.93. The molecule has 2 aromatic carbocycles. The molecule has 0 aliphatic carbocycles. The first-order chi connectivity index (χ1) is 12.7. The maximum Gasteiger partial charge on any atom is 0.288 e. The molecule has 134 valence electrons. The highest BCUT2D eigenvalue weighted by Crippen LogP contribution is 2.30. The molecule has 0 N–H and O–H groups in total. The predicted octanol–water partition coefficient (Wildman–Crippen LogP) is 4.70. The molecule has 0 saturated carbocycles. The van der Waals surface area contributed by atoms with E-state index in [0.29, 0.717) is 16.7 Å². The monoisotopic (exact) mass is 373 g/mol. The number of imidazole rings is 1. The number of thioether (sulfide) groups is 1. The Morgan fingerprint density at radius 1 is 1.08 bits per heavy atom. The third kappa shape index (κ3) is 3.21. The van der Waals surface area contributed by atoms with E-state index in [-0.39, 0.29) is 0 Å². The molecule has 1 aromatic heterocycles. The second-order valence-corrected chi connectivity index (χ2v) is 7.23. The first kappa shape index (κ1) is 17.1. The summed E-state index contributed by atoms with van der Waals surface area (Å²) in [4.78, 5) is 0.575. The molecule has 0 radical (unpaired) electrons. The Morgan fingerprint density at radius 2 is 1.81 bits per heavy atom. The smallest absolute Gasteiger partial charge is 0.288 e. The van der Waals surface area contributed by atoms with Crippen LogP contribution in [0.25, 0.3) is 16.9 Å². The second-order valence-electron chi connectivity index (χ2n) is 6.16. The number of alkyl halides is 2. The summed E-state index contributed by atoms with van der Waals surface area (Å²) in [5.41, 5.74) is 3.18. The SMILES string of the molecule is COc1ccc(-c2c[n+]3c(n2-c2ccc(SC(F)F)cc2)CCC3)cc1. The highest BCUT2D eigenvalue weighted by Gasteiger charge is 2.29. The number of halogens is 2. The molecular weight excluding hydrogens is 354 g/mol. The van der Waals surface area contributed by atoms with Gasteiger partial charge >= 0.3 is 0 Å². The summed E-state index contributed by atoms with van der Waals surface area (Å²) in [5.74, 6) is -0.340. The van der Waals surface area contributed by atoms with Crippen molar-refractivity contribution in [2.75, 3.05) is 7.11 Å². The Labute approximate surface area is 155 Å². The lowest BCUT2D eigenvalue weighted by molar-refractivity contribution is -0.689. The molecule has 0 saturated heterocycles. The van der Waals surface area contributed by atoms with Crippen LogP contribution in [0, 0.1) is 0 Å². The molecule has 6 heteroatoms. The highest BCUT2D eigenvalue weighted by molar-refractivity contribution is 7.99. The molecule has 26 heavy (non-hydrogen) atoms. The average molecular weight is 373 g/mol. The fraction of sp³-hybridized carbons (Fsp3) is 0.250. The summed E-state index contributed by atoms with van der Waals surface area (Å²) in [7, 11) is 1.65. The minimum Gasteiger partial charge on any atom is -0.497 e. The largest absolute Gasteiger partial charge is 0.497 e. The number of methoxy groups -OCH3 is 1. The van der Waals surface area contributed by atoms with Crippen molar-refractivity contribution in [3.05, 3.63) is 60.6 Å². The third-order valence-corrected chi connectivity index (χ3v) is 5.34. The summed E-state index contributed by atoms with van der Waals surface area (Å²) >= 11 is 0.573. The van der Waals surface area contributed by atoms with E-state index in [4.69, 9.17) is 4.74 Å². The third-order valence-electron chi connectivity index (χ3n) is 4.61. The quantitative estimate of drug-likeness (QED) is 0.477. The molecule has 3 aromatic rings. The van der Waals surface area contributed by atoms with Crippen LogP contribution in [-0.4, -0.2) is 17.4 Å². The van der Waals surface area contributed by atoms with Gasteiger partial charge in [-0.25, -0.2) is 4.57 Å². The van der Waals surface area contributed by atoms with Gasteiger partial charge in [0, 0.05) is 10.5 Å². The summed E-state index contributed by atoms with van der Waals surface area (Å²) in [6.07, 6.45) is 4.30. The van der Waals surface area contributed by atoms with Crippen molar-refractivity contribution in [1.29, 1.82) is 0 Å². The lowest BCUT2D eigenvalue weighted by Gasteiger charge is -2.06. The van der Waals surface area contributed by atoms with Crippen LogP contribution in [-0.2, 0) is 13.0 Å². The zero-order valence-corrected chi connectivity index (χ0v) is 15.2. The minimum absolute atomic E-state index is 0.573. The highest BCUT2D eigenvalue weighted by atomic mass is 32.2. The molecular formula is C20H19F2N2OS+. The molecule has 1 aliphatic rings. The molecule has 2 heterocycles. The van der Waals surface area contributed by atoms with Gasteiger partial charge < -0.3 is 4.74 Å². The van der Waals surface area contributed by atoms with E-state index in [1.807, 2.05) is 36.4 Å². The minimum atomic E-state index is -2.40. The van der Waals surface area contributed by atoms with Crippen LogP contribution in [0.5, 0.6) is 5.75 Å². The lowest BCUT2D eigenvalue weighted by atomic mass is 10.1. The number of hydrogen-bond donors (Lipinski definition) is 0. The van der Waals surface area contributed by atoms with Crippen molar-refractivity contribution in [2.24, 2.45) is 0 Å². The number of nitrogens with zero attached hydrogens (tertiary/aromatic N) is 2. The number of aromatic nitrogens is 2. The Bertz CT molecular complexity index is 905. The number of fused-ring (bicyclic) bond motifs is 1. The van der Waals surface area contributed by atoms with Gasteiger partial charge in [-0.1, -0.05) is 11.8 Å². The van der Waals surface area contributed by atoms with Crippen molar-refractivity contribution >= 4 is 11.8 Å². The van der Waals surface area contributed by atoms with Gasteiger partial charge in [0.05, 0.1) is 20.1 Å². The number of hydrogen-bond acceptors (Lipinski definition) is 2. The first-order valence-corrected chi connectivity index (χ1v) is 9.37. The summed E-state index contributed by atoms with van der Waals surface area (Å²) < 4.78 is 34.9. The average Bonchev–Trinajstić information content (AvgIpc) is 3.23. The van der Waals surface area contributed by atoms with Crippen LogP contribution in [0.1, 0.15) is 12.2 Å². The summed E-state index contributed by atoms with van der Waals surface area (Å²) in [5, 5.41) is 0. The second kappa shape index (κ2) is 7.11. The molecule has 4 rings (SSSR count). The number of ether oxygens (including phenoxy) is 1. The van der Waals surface area contributed by atoms with Crippen LogP contribution < -0.4 is 9.30 Å². The maximum atomic E-state index is 12.6. The Morgan fingerprint density at radius 3 is 2.46 bits per heavy atom. The van der Waals surface area contributed by atoms with E-state index >= 15 is 0 Å². The number of rotatable bonds is 5. The normalized spacial score (nSPS) is 13.2. The van der Waals surface area contributed by atoms with E-state index in [1.165, 1.54) is 5.82 Å². The van der Waals surface area contributed by atoms with Crippen LogP contribution in [0.15, 0.2) is 59.6 Å². The molecule has 0 atom stereocenters. The van der Waals surface area contributed by atoms with Crippen molar-refractivity contribution in [1.82, 2.24) is 4.57 Å². The van der Waals surface area contributed by atoms with Crippen molar-refractivity contribution in [3.8, 4) is 22.7 Å². The van der Waals surface area contributed by atoms with Gasteiger partial charge in [0.2, 0.25) is 0 Å². The molecule has 0 spiro atoms. The maximum absolute atomic E-state index is 12.6. The topological polar surface area (TPSA) is 18.0 Å². The lowest BCUT2D eigenvalue weighted by Crippen LogP contribution is -2.30. The van der Waals surface area contributed by atoms with E-state index in [9.17, 15) is 8.78 Å². The van der Waals surface area contributed by atoms with Gasteiger partial charge in [-0.2, -0.15) is 13.3 Å². The van der Waals surface area contributed by atoms with Gasteiger partial charge in [0.25, 0.3) is 11.6 Å².